The van der Waals surface area contributed by atoms with Gasteiger partial charge < -0.3 is 0 Å². The molecule has 4 nitrogen and oxygen atoms in total. The smallest absolute Gasteiger partial charge is 0.178 e. The molecule has 0 aliphatic carbocycles. The van der Waals surface area contributed by atoms with Crippen molar-refractivity contribution in [3.63, 3.8) is 0 Å². The third-order valence-electron chi connectivity index (χ3n) is 1.75. The summed E-state index contributed by atoms with van der Waals surface area (Å²) in [4.78, 5) is 10.4. The third kappa shape index (κ3) is 2.38. The predicted molar refractivity (Wildman–Crippen MR) is 54.2 cm³/mol. The van der Waals surface area contributed by atoms with Crippen LogP contribution in [-0.4, -0.2) is 14.2 Å². The molecular weight excluding hydrogens is 202 g/mol. The van der Waals surface area contributed by atoms with E-state index in [1.165, 1.54) is 24.3 Å². The molecule has 0 radical (unpaired) electrons. The lowest BCUT2D eigenvalue weighted by Crippen LogP contribution is -2.05. The Morgan fingerprint density at radius 3 is 2.64 bits per heavy atom. The van der Waals surface area contributed by atoms with E-state index in [-0.39, 0.29) is 16.3 Å². The topological polar surface area (TPSA) is 63.6 Å². The van der Waals surface area contributed by atoms with Crippen LogP contribution in [0.25, 0.3) is 0 Å². The first-order valence-corrected chi connectivity index (χ1v) is 5.91. The Morgan fingerprint density at radius 1 is 1.36 bits per heavy atom. The van der Waals surface area contributed by atoms with Crippen molar-refractivity contribution in [2.24, 2.45) is 5.18 Å². The fourth-order valence-electron chi connectivity index (χ4n) is 1.12. The fourth-order valence-corrected chi connectivity index (χ4v) is 2.48. The van der Waals surface area contributed by atoms with Gasteiger partial charge in [0.15, 0.2) is 9.84 Å². The van der Waals surface area contributed by atoms with Crippen molar-refractivity contribution in [1.29, 1.82) is 0 Å². The van der Waals surface area contributed by atoms with Crippen LogP contribution >= 0.6 is 0 Å². The van der Waals surface area contributed by atoms with Crippen molar-refractivity contribution in [2.45, 2.75) is 18.2 Å². The van der Waals surface area contributed by atoms with Crippen molar-refractivity contribution in [3.05, 3.63) is 29.2 Å². The Labute approximate surface area is 82.8 Å². The molecule has 0 N–H and O–H groups in total. The van der Waals surface area contributed by atoms with Gasteiger partial charge in [0.05, 0.1) is 10.6 Å². The largest absolute Gasteiger partial charge is 0.224 e. The molecule has 0 aromatic heterocycles. The van der Waals surface area contributed by atoms with E-state index in [0.29, 0.717) is 6.42 Å². The van der Waals surface area contributed by atoms with E-state index < -0.39 is 9.84 Å². The van der Waals surface area contributed by atoms with E-state index >= 15 is 0 Å². The Hall–Kier alpha value is -1.23. The molecule has 0 aliphatic rings. The standard InChI is InChI=1S/C9H11NO3S/c1-2-6-14(12,13)9-5-3-4-8(7-9)10-11/h3-5,7H,2,6H2,1H3. The lowest BCUT2D eigenvalue weighted by molar-refractivity contribution is 0.594. The molecule has 1 rings (SSSR count). The summed E-state index contributed by atoms with van der Waals surface area (Å²) in [7, 11) is -3.24. The van der Waals surface area contributed by atoms with Crippen LogP contribution in [0.5, 0.6) is 0 Å². The number of nitroso groups, excluding NO2 is 1. The lowest BCUT2D eigenvalue weighted by Gasteiger charge is -2.01. The molecule has 0 atom stereocenters. The normalized spacial score (nSPS) is 11.2. The average molecular weight is 213 g/mol. The summed E-state index contributed by atoms with van der Waals surface area (Å²) in [6.07, 6.45) is 0.557. The highest BCUT2D eigenvalue weighted by molar-refractivity contribution is 7.91. The summed E-state index contributed by atoms with van der Waals surface area (Å²) < 4.78 is 23.1. The number of sulfone groups is 1. The minimum Gasteiger partial charge on any atom is -0.224 e. The minimum absolute atomic E-state index is 0.0926. The SMILES string of the molecule is CCCS(=O)(=O)c1cccc(N=O)c1. The molecule has 0 amide bonds. The van der Waals surface area contributed by atoms with Gasteiger partial charge in [0.25, 0.3) is 0 Å². The van der Waals surface area contributed by atoms with E-state index in [0.717, 1.165) is 0 Å². The molecule has 5 heteroatoms. The van der Waals surface area contributed by atoms with Crippen molar-refractivity contribution in [1.82, 2.24) is 0 Å². The highest BCUT2D eigenvalue weighted by Gasteiger charge is 2.13. The summed E-state index contributed by atoms with van der Waals surface area (Å²) >= 11 is 0. The zero-order valence-corrected chi connectivity index (χ0v) is 8.62. The van der Waals surface area contributed by atoms with Crippen LogP contribution in [0.4, 0.5) is 5.69 Å². The molecule has 0 aliphatic heterocycles. The molecular formula is C9H11NO3S. The van der Waals surface area contributed by atoms with Crippen LogP contribution < -0.4 is 0 Å². The van der Waals surface area contributed by atoms with Gasteiger partial charge in [0.2, 0.25) is 0 Å². The summed E-state index contributed by atoms with van der Waals surface area (Å²) in [5.41, 5.74) is 0.141. The Morgan fingerprint density at radius 2 is 2.07 bits per heavy atom. The first-order valence-electron chi connectivity index (χ1n) is 4.26. The first-order chi connectivity index (χ1) is 6.60. The highest BCUT2D eigenvalue weighted by Crippen LogP contribution is 2.18. The fraction of sp³-hybridized carbons (Fsp3) is 0.333. The Kier molecular flexibility index (Phi) is 3.35. The predicted octanol–water partition coefficient (Wildman–Crippen LogP) is 2.27. The second-order valence-electron chi connectivity index (χ2n) is 2.91. The van der Waals surface area contributed by atoms with Gasteiger partial charge in [-0.3, -0.25) is 0 Å². The molecule has 1 aromatic rings. The zero-order valence-electron chi connectivity index (χ0n) is 7.80. The molecule has 0 saturated carbocycles. The second kappa shape index (κ2) is 4.32. The average Bonchev–Trinajstić information content (AvgIpc) is 2.18. The van der Waals surface area contributed by atoms with Gasteiger partial charge >= 0.3 is 0 Å². The van der Waals surface area contributed by atoms with Crippen LogP contribution in [-0.2, 0) is 9.84 Å². The van der Waals surface area contributed by atoms with Crippen LogP contribution in [0.3, 0.4) is 0 Å². The molecule has 0 unspecified atom stereocenters. The summed E-state index contributed by atoms with van der Waals surface area (Å²) in [6, 6.07) is 5.74. The maximum Gasteiger partial charge on any atom is 0.178 e. The number of hydrogen-bond donors (Lipinski definition) is 0. The molecule has 1 aromatic carbocycles. The maximum absolute atomic E-state index is 11.6. The van der Waals surface area contributed by atoms with Crippen molar-refractivity contribution in [3.8, 4) is 0 Å². The molecule has 0 spiro atoms. The van der Waals surface area contributed by atoms with Crippen LogP contribution in [0.1, 0.15) is 13.3 Å². The molecule has 0 bridgehead atoms. The van der Waals surface area contributed by atoms with Crippen molar-refractivity contribution in [2.75, 3.05) is 5.75 Å². The van der Waals surface area contributed by atoms with Gasteiger partial charge in [-0.15, -0.1) is 4.91 Å². The van der Waals surface area contributed by atoms with Gasteiger partial charge in [-0.2, -0.15) is 0 Å². The number of hydrogen-bond acceptors (Lipinski definition) is 4. The molecule has 0 fully saturated rings. The number of nitrogens with zero attached hydrogens (tertiary/aromatic N) is 1. The molecule has 76 valence electrons. The van der Waals surface area contributed by atoms with Crippen LogP contribution in [0, 0.1) is 4.91 Å². The lowest BCUT2D eigenvalue weighted by atomic mass is 10.3. The third-order valence-corrected chi connectivity index (χ3v) is 3.67. The van der Waals surface area contributed by atoms with Crippen LogP contribution in [0.2, 0.25) is 0 Å². The monoisotopic (exact) mass is 213 g/mol. The summed E-state index contributed by atoms with van der Waals surface area (Å²) in [6.45, 7) is 1.79. The van der Waals surface area contributed by atoms with Gasteiger partial charge in [0, 0.05) is 0 Å². The van der Waals surface area contributed by atoms with Gasteiger partial charge in [-0.05, 0) is 29.8 Å². The highest BCUT2D eigenvalue weighted by atomic mass is 32.2. The van der Waals surface area contributed by atoms with E-state index in [1.54, 1.807) is 6.92 Å². The first kappa shape index (κ1) is 10.8. The van der Waals surface area contributed by atoms with Gasteiger partial charge in [-0.25, -0.2) is 8.42 Å². The van der Waals surface area contributed by atoms with E-state index in [9.17, 15) is 13.3 Å². The van der Waals surface area contributed by atoms with Crippen molar-refractivity contribution >= 4 is 15.5 Å². The van der Waals surface area contributed by atoms with Crippen LogP contribution in [0.15, 0.2) is 34.3 Å². The molecule has 14 heavy (non-hydrogen) atoms. The Balaban J connectivity index is 3.13. The number of benzene rings is 1. The van der Waals surface area contributed by atoms with E-state index in [1.807, 2.05) is 0 Å². The van der Waals surface area contributed by atoms with Gasteiger partial charge in [-0.1, -0.05) is 13.0 Å². The van der Waals surface area contributed by atoms with E-state index in [2.05, 4.69) is 5.18 Å². The maximum atomic E-state index is 11.6. The zero-order chi connectivity index (χ0) is 10.6. The molecule has 0 saturated heterocycles. The molecule has 0 heterocycles. The quantitative estimate of drug-likeness (QED) is 0.720. The second-order valence-corrected chi connectivity index (χ2v) is 5.02. The number of rotatable bonds is 4. The van der Waals surface area contributed by atoms with Gasteiger partial charge in [0.1, 0.15) is 5.69 Å². The summed E-state index contributed by atoms with van der Waals surface area (Å²) in [5, 5.41) is 2.69. The van der Waals surface area contributed by atoms with Crippen molar-refractivity contribution < 1.29 is 8.42 Å². The van der Waals surface area contributed by atoms with E-state index in [4.69, 9.17) is 0 Å². The minimum atomic E-state index is -3.24. The summed E-state index contributed by atoms with van der Waals surface area (Å²) in [5.74, 6) is 0.0926. The Bertz CT molecular complexity index is 425.